The maximum absolute atomic E-state index is 6.32. The van der Waals surface area contributed by atoms with Crippen molar-refractivity contribution < 1.29 is 0 Å². The molecule has 0 saturated heterocycles. The highest BCUT2D eigenvalue weighted by Crippen LogP contribution is 2.27. The summed E-state index contributed by atoms with van der Waals surface area (Å²) in [7, 11) is 0. The van der Waals surface area contributed by atoms with Crippen molar-refractivity contribution in [2.75, 3.05) is 0 Å². The van der Waals surface area contributed by atoms with E-state index in [-0.39, 0.29) is 6.04 Å². The molecule has 2 aromatic rings. The molecule has 1 atom stereocenters. The number of hydrogen-bond acceptors (Lipinski definition) is 2. The Morgan fingerprint density at radius 3 is 2.32 bits per heavy atom. The van der Waals surface area contributed by atoms with Gasteiger partial charge in [-0.05, 0) is 24.0 Å². The zero-order valence-corrected chi connectivity index (χ0v) is 12.4. The first-order valence-electron chi connectivity index (χ1n) is 6.61. The predicted octanol–water partition coefficient (Wildman–Crippen LogP) is 3.73. The highest BCUT2D eigenvalue weighted by Gasteiger charge is 2.18. The first-order valence-corrected chi connectivity index (χ1v) is 6.99. The molecule has 0 radical (unpaired) electrons. The van der Waals surface area contributed by atoms with E-state index in [9.17, 15) is 0 Å². The Morgan fingerprint density at radius 1 is 1.21 bits per heavy atom. The number of aromatic nitrogens is 2. The van der Waals surface area contributed by atoms with E-state index < -0.39 is 0 Å². The van der Waals surface area contributed by atoms with Gasteiger partial charge in [0.1, 0.15) is 0 Å². The molecule has 4 heteroatoms. The summed E-state index contributed by atoms with van der Waals surface area (Å²) in [5.41, 5.74) is 9.56. The summed E-state index contributed by atoms with van der Waals surface area (Å²) in [5.74, 6) is 0.523. The largest absolute Gasteiger partial charge is 0.319 e. The molecule has 0 amide bonds. The highest BCUT2D eigenvalue weighted by atomic mass is 35.5. The van der Waals surface area contributed by atoms with Crippen LogP contribution >= 0.6 is 11.6 Å². The van der Waals surface area contributed by atoms with Crippen molar-refractivity contribution in [3.05, 3.63) is 52.3 Å². The summed E-state index contributed by atoms with van der Waals surface area (Å²) in [6.45, 7) is 7.15. The van der Waals surface area contributed by atoms with Crippen molar-refractivity contribution in [1.82, 2.24) is 9.78 Å². The maximum atomic E-state index is 6.32. The van der Waals surface area contributed by atoms with Gasteiger partial charge < -0.3 is 5.73 Å². The molecule has 0 saturated carbocycles. The maximum Gasteiger partial charge on any atom is 0.0837 e. The molecule has 0 aliphatic heterocycles. The molecule has 1 aromatic carbocycles. The molecule has 0 aliphatic carbocycles. The first-order chi connectivity index (χ1) is 9.04. The Kier molecular flexibility index (Phi) is 4.27. The second-order valence-electron chi connectivity index (χ2n) is 4.99. The molecule has 0 spiro atoms. The van der Waals surface area contributed by atoms with Gasteiger partial charge in [0.2, 0.25) is 0 Å². The van der Waals surface area contributed by atoms with Crippen LogP contribution in [0.1, 0.15) is 49.6 Å². The minimum absolute atomic E-state index is 0.240. The van der Waals surface area contributed by atoms with Gasteiger partial charge in [0, 0.05) is 6.54 Å². The van der Waals surface area contributed by atoms with E-state index in [2.05, 4.69) is 43.2 Å². The Bertz CT molecular complexity index is 543. The van der Waals surface area contributed by atoms with Crippen molar-refractivity contribution >= 4 is 11.6 Å². The van der Waals surface area contributed by atoms with Crippen LogP contribution in [-0.2, 0) is 6.54 Å². The molecule has 1 aromatic heterocycles. The van der Waals surface area contributed by atoms with Crippen molar-refractivity contribution in [3.8, 4) is 0 Å². The van der Waals surface area contributed by atoms with E-state index >= 15 is 0 Å². The number of benzene rings is 1. The van der Waals surface area contributed by atoms with Gasteiger partial charge >= 0.3 is 0 Å². The Balaban J connectivity index is 2.33. The standard InChI is InChI=1S/C15H20ClN3/c1-4-19-15(13(16)9-18-19)14(17)12-7-5-11(6-8-12)10(2)3/h5-10,14H,4,17H2,1-3H3. The zero-order valence-electron chi connectivity index (χ0n) is 11.6. The van der Waals surface area contributed by atoms with E-state index in [1.165, 1.54) is 5.56 Å². The van der Waals surface area contributed by atoms with E-state index in [1.54, 1.807) is 6.20 Å². The van der Waals surface area contributed by atoms with Crippen LogP contribution in [0.4, 0.5) is 0 Å². The van der Waals surface area contributed by atoms with Gasteiger partial charge in [0.25, 0.3) is 0 Å². The van der Waals surface area contributed by atoms with Gasteiger partial charge in [-0.1, -0.05) is 49.7 Å². The van der Waals surface area contributed by atoms with Crippen LogP contribution < -0.4 is 5.73 Å². The molecule has 3 nitrogen and oxygen atoms in total. The lowest BCUT2D eigenvalue weighted by Gasteiger charge is -2.15. The van der Waals surface area contributed by atoms with Gasteiger partial charge in [0.05, 0.1) is 23.0 Å². The summed E-state index contributed by atoms with van der Waals surface area (Å²) in [6.07, 6.45) is 1.66. The summed E-state index contributed by atoms with van der Waals surface area (Å²) in [5, 5.41) is 4.86. The topological polar surface area (TPSA) is 43.8 Å². The summed E-state index contributed by atoms with van der Waals surface area (Å²) >= 11 is 6.19. The molecule has 2 rings (SSSR count). The van der Waals surface area contributed by atoms with Crippen molar-refractivity contribution in [1.29, 1.82) is 0 Å². The normalized spacial score (nSPS) is 12.9. The smallest absolute Gasteiger partial charge is 0.0837 e. The van der Waals surface area contributed by atoms with Crippen molar-refractivity contribution in [2.45, 2.75) is 39.3 Å². The van der Waals surface area contributed by atoms with Gasteiger partial charge in [-0.2, -0.15) is 5.10 Å². The Hall–Kier alpha value is -1.32. The number of hydrogen-bond donors (Lipinski definition) is 1. The van der Waals surface area contributed by atoms with E-state index in [0.717, 1.165) is 17.8 Å². The van der Waals surface area contributed by atoms with Crippen LogP contribution in [0.5, 0.6) is 0 Å². The lowest BCUT2D eigenvalue weighted by molar-refractivity contribution is 0.601. The summed E-state index contributed by atoms with van der Waals surface area (Å²) < 4.78 is 1.85. The Labute approximate surface area is 119 Å². The molecular weight excluding hydrogens is 258 g/mol. The first kappa shape index (κ1) is 14.1. The third-order valence-corrected chi connectivity index (χ3v) is 3.68. The van der Waals surface area contributed by atoms with Crippen LogP contribution in [0.3, 0.4) is 0 Å². The van der Waals surface area contributed by atoms with Gasteiger partial charge in [0.15, 0.2) is 0 Å². The van der Waals surface area contributed by atoms with Gasteiger partial charge in [-0.3, -0.25) is 4.68 Å². The molecule has 2 N–H and O–H groups in total. The molecular formula is C15H20ClN3. The number of nitrogens with zero attached hydrogens (tertiary/aromatic N) is 2. The van der Waals surface area contributed by atoms with Gasteiger partial charge in [-0.25, -0.2) is 0 Å². The third-order valence-electron chi connectivity index (χ3n) is 3.39. The number of aryl methyl sites for hydroxylation is 1. The second kappa shape index (κ2) is 5.76. The van der Waals surface area contributed by atoms with E-state index in [4.69, 9.17) is 17.3 Å². The minimum Gasteiger partial charge on any atom is -0.319 e. The SMILES string of the molecule is CCn1ncc(Cl)c1C(N)c1ccc(C(C)C)cc1. The quantitative estimate of drug-likeness (QED) is 0.925. The minimum atomic E-state index is -0.240. The Morgan fingerprint density at radius 2 is 1.79 bits per heavy atom. The lowest BCUT2D eigenvalue weighted by Crippen LogP contribution is -2.17. The third kappa shape index (κ3) is 2.82. The number of halogens is 1. The molecule has 0 bridgehead atoms. The number of rotatable bonds is 4. The molecule has 0 fully saturated rings. The average molecular weight is 278 g/mol. The molecule has 19 heavy (non-hydrogen) atoms. The monoisotopic (exact) mass is 277 g/mol. The second-order valence-corrected chi connectivity index (χ2v) is 5.40. The van der Waals surface area contributed by atoms with Crippen LogP contribution in [0, 0.1) is 0 Å². The fraction of sp³-hybridized carbons (Fsp3) is 0.400. The van der Waals surface area contributed by atoms with Crippen LogP contribution in [-0.4, -0.2) is 9.78 Å². The summed E-state index contributed by atoms with van der Waals surface area (Å²) in [6, 6.07) is 8.16. The number of nitrogens with two attached hydrogens (primary N) is 1. The van der Waals surface area contributed by atoms with E-state index in [0.29, 0.717) is 10.9 Å². The lowest BCUT2D eigenvalue weighted by atomic mass is 9.98. The molecule has 1 heterocycles. The highest BCUT2D eigenvalue weighted by molar-refractivity contribution is 6.31. The molecule has 102 valence electrons. The van der Waals surface area contributed by atoms with Crippen LogP contribution in [0.15, 0.2) is 30.5 Å². The summed E-state index contributed by atoms with van der Waals surface area (Å²) in [4.78, 5) is 0. The fourth-order valence-corrected chi connectivity index (χ4v) is 2.44. The average Bonchev–Trinajstić information content (AvgIpc) is 2.79. The van der Waals surface area contributed by atoms with Crippen LogP contribution in [0.2, 0.25) is 5.02 Å². The van der Waals surface area contributed by atoms with Crippen molar-refractivity contribution in [3.63, 3.8) is 0 Å². The van der Waals surface area contributed by atoms with E-state index in [1.807, 2.05) is 11.6 Å². The zero-order chi connectivity index (χ0) is 14.0. The predicted molar refractivity (Wildman–Crippen MR) is 79.5 cm³/mol. The molecule has 0 aliphatic rings. The van der Waals surface area contributed by atoms with Crippen LogP contribution in [0.25, 0.3) is 0 Å². The fourth-order valence-electron chi connectivity index (χ4n) is 2.18. The molecule has 1 unspecified atom stereocenters. The van der Waals surface area contributed by atoms with Gasteiger partial charge in [-0.15, -0.1) is 0 Å². The van der Waals surface area contributed by atoms with Crippen molar-refractivity contribution in [2.24, 2.45) is 5.73 Å².